The summed E-state index contributed by atoms with van der Waals surface area (Å²) >= 11 is 11.9. The molecule has 0 radical (unpaired) electrons. The Hall–Kier alpha value is -0.770. The maximum Gasteiger partial charge on any atom is 0.321 e. The van der Waals surface area contributed by atoms with Gasteiger partial charge in [0, 0.05) is 23.0 Å². The summed E-state index contributed by atoms with van der Waals surface area (Å²) in [6.07, 6.45) is 0.403. The summed E-state index contributed by atoms with van der Waals surface area (Å²) in [6, 6.07) is 2.90. The largest absolute Gasteiger partial charge is 0.480 e. The SMILES string of the molecule is O=C(O)[C@@H]1Cc2c(Cl)cc(Cl)cc2CN1. The van der Waals surface area contributed by atoms with Crippen molar-refractivity contribution >= 4 is 29.2 Å². The monoisotopic (exact) mass is 245 g/mol. The molecule has 0 bridgehead atoms. The predicted octanol–water partition coefficient (Wildman–Crippen LogP) is 2.09. The number of nitrogens with one attached hydrogen (secondary N) is 1. The third-order valence-corrected chi connectivity index (χ3v) is 3.05. The number of fused-ring (bicyclic) bond motifs is 1. The molecule has 1 aromatic rings. The average Bonchev–Trinajstić information content (AvgIpc) is 2.16. The molecule has 0 saturated heterocycles. The van der Waals surface area contributed by atoms with Crippen molar-refractivity contribution in [3.8, 4) is 0 Å². The maximum absolute atomic E-state index is 10.8. The highest BCUT2D eigenvalue weighted by Gasteiger charge is 2.25. The Bertz CT molecular complexity index is 420. The predicted molar refractivity (Wildman–Crippen MR) is 58.4 cm³/mol. The van der Waals surface area contributed by atoms with E-state index in [1.165, 1.54) is 0 Å². The Labute approximate surface area is 97.0 Å². The van der Waals surface area contributed by atoms with Crippen LogP contribution in [0.5, 0.6) is 0 Å². The van der Waals surface area contributed by atoms with Crippen LogP contribution in [0.4, 0.5) is 0 Å². The fourth-order valence-electron chi connectivity index (χ4n) is 1.73. The van der Waals surface area contributed by atoms with Crippen LogP contribution in [0.2, 0.25) is 10.0 Å². The number of rotatable bonds is 1. The number of hydrogen-bond acceptors (Lipinski definition) is 2. The van der Waals surface area contributed by atoms with Crippen molar-refractivity contribution in [1.29, 1.82) is 0 Å². The molecule has 2 rings (SSSR count). The average molecular weight is 246 g/mol. The summed E-state index contributed by atoms with van der Waals surface area (Å²) < 4.78 is 0. The van der Waals surface area contributed by atoms with Crippen LogP contribution in [0.3, 0.4) is 0 Å². The third-order valence-electron chi connectivity index (χ3n) is 2.50. The van der Waals surface area contributed by atoms with Crippen LogP contribution >= 0.6 is 23.2 Å². The Morgan fingerprint density at radius 3 is 2.87 bits per heavy atom. The van der Waals surface area contributed by atoms with Crippen molar-refractivity contribution < 1.29 is 9.90 Å². The molecule has 15 heavy (non-hydrogen) atoms. The van der Waals surface area contributed by atoms with Crippen LogP contribution in [-0.4, -0.2) is 17.1 Å². The van der Waals surface area contributed by atoms with Crippen molar-refractivity contribution in [2.75, 3.05) is 0 Å². The normalized spacial score (nSPS) is 19.7. The van der Waals surface area contributed by atoms with Crippen LogP contribution < -0.4 is 5.32 Å². The fraction of sp³-hybridized carbons (Fsp3) is 0.300. The minimum Gasteiger partial charge on any atom is -0.480 e. The molecule has 0 saturated carbocycles. The lowest BCUT2D eigenvalue weighted by Crippen LogP contribution is -2.41. The maximum atomic E-state index is 10.8. The van der Waals surface area contributed by atoms with Gasteiger partial charge in [-0.15, -0.1) is 0 Å². The number of benzene rings is 1. The van der Waals surface area contributed by atoms with Gasteiger partial charge in [0.1, 0.15) is 6.04 Å². The van der Waals surface area contributed by atoms with E-state index in [2.05, 4.69) is 5.32 Å². The van der Waals surface area contributed by atoms with Gasteiger partial charge < -0.3 is 10.4 Å². The Kier molecular flexibility index (Phi) is 2.87. The number of carbonyl (C=O) groups is 1. The van der Waals surface area contributed by atoms with Gasteiger partial charge in [-0.05, 0) is 23.3 Å². The molecule has 0 fully saturated rings. The molecule has 0 unspecified atom stereocenters. The van der Waals surface area contributed by atoms with E-state index in [-0.39, 0.29) is 0 Å². The molecule has 3 nitrogen and oxygen atoms in total. The molecule has 80 valence electrons. The topological polar surface area (TPSA) is 49.3 Å². The summed E-state index contributed by atoms with van der Waals surface area (Å²) in [6.45, 7) is 0.493. The number of carboxylic acids is 1. The zero-order valence-electron chi connectivity index (χ0n) is 7.76. The minimum atomic E-state index is -0.855. The zero-order chi connectivity index (χ0) is 11.0. The van der Waals surface area contributed by atoms with Gasteiger partial charge in [0.25, 0.3) is 0 Å². The van der Waals surface area contributed by atoms with Crippen LogP contribution in [0.15, 0.2) is 12.1 Å². The second kappa shape index (κ2) is 4.00. The van der Waals surface area contributed by atoms with E-state index in [4.69, 9.17) is 28.3 Å². The molecule has 0 spiro atoms. The molecule has 1 aliphatic heterocycles. The number of aliphatic carboxylic acids is 1. The smallest absolute Gasteiger partial charge is 0.321 e. The van der Waals surface area contributed by atoms with E-state index in [9.17, 15) is 4.79 Å². The van der Waals surface area contributed by atoms with Gasteiger partial charge in [0.15, 0.2) is 0 Å². The molecule has 1 heterocycles. The van der Waals surface area contributed by atoms with Crippen LogP contribution in [0, 0.1) is 0 Å². The van der Waals surface area contributed by atoms with Gasteiger partial charge >= 0.3 is 5.97 Å². The van der Waals surface area contributed by atoms with Crippen molar-refractivity contribution in [2.45, 2.75) is 19.0 Å². The lowest BCUT2D eigenvalue weighted by molar-refractivity contribution is -0.139. The zero-order valence-corrected chi connectivity index (χ0v) is 9.27. The second-order valence-corrected chi connectivity index (χ2v) is 4.34. The summed E-state index contributed by atoms with van der Waals surface area (Å²) in [5.74, 6) is -0.855. The number of hydrogen-bond donors (Lipinski definition) is 2. The summed E-state index contributed by atoms with van der Waals surface area (Å²) in [5, 5.41) is 12.9. The molecular weight excluding hydrogens is 237 g/mol. The summed E-state index contributed by atoms with van der Waals surface area (Å²) in [7, 11) is 0. The molecule has 1 aromatic carbocycles. The highest BCUT2D eigenvalue weighted by atomic mass is 35.5. The molecule has 1 atom stereocenters. The van der Waals surface area contributed by atoms with Crippen LogP contribution in [0.25, 0.3) is 0 Å². The van der Waals surface area contributed by atoms with E-state index in [0.717, 1.165) is 11.1 Å². The number of halogens is 2. The fourth-order valence-corrected chi connectivity index (χ4v) is 2.34. The molecule has 0 aliphatic carbocycles. The van der Waals surface area contributed by atoms with Gasteiger partial charge in [-0.2, -0.15) is 0 Å². The number of carboxylic acid groups (broad SMARTS) is 1. The third kappa shape index (κ3) is 2.09. The van der Waals surface area contributed by atoms with Crippen LogP contribution in [-0.2, 0) is 17.8 Å². The first kappa shape index (κ1) is 10.7. The molecule has 1 aliphatic rings. The van der Waals surface area contributed by atoms with E-state index in [1.54, 1.807) is 6.07 Å². The van der Waals surface area contributed by atoms with E-state index in [0.29, 0.717) is 23.0 Å². The van der Waals surface area contributed by atoms with Gasteiger partial charge in [-0.1, -0.05) is 23.2 Å². The summed E-state index contributed by atoms with van der Waals surface area (Å²) in [4.78, 5) is 10.8. The first-order valence-corrected chi connectivity index (χ1v) is 5.26. The van der Waals surface area contributed by atoms with E-state index in [1.807, 2.05) is 6.07 Å². The van der Waals surface area contributed by atoms with Gasteiger partial charge in [-0.3, -0.25) is 4.79 Å². The first-order valence-electron chi connectivity index (χ1n) is 4.51. The van der Waals surface area contributed by atoms with Crippen molar-refractivity contribution in [3.05, 3.63) is 33.3 Å². The molecule has 5 heteroatoms. The summed E-state index contributed by atoms with van der Waals surface area (Å²) in [5.41, 5.74) is 1.86. The van der Waals surface area contributed by atoms with E-state index >= 15 is 0 Å². The van der Waals surface area contributed by atoms with E-state index < -0.39 is 12.0 Å². The molecular formula is C10H9Cl2NO2. The lowest BCUT2D eigenvalue weighted by Gasteiger charge is -2.24. The van der Waals surface area contributed by atoms with Gasteiger partial charge in [0.05, 0.1) is 0 Å². The Morgan fingerprint density at radius 1 is 1.47 bits per heavy atom. The Morgan fingerprint density at radius 2 is 2.20 bits per heavy atom. The highest BCUT2D eigenvalue weighted by molar-refractivity contribution is 6.35. The second-order valence-electron chi connectivity index (χ2n) is 3.50. The Balaban J connectivity index is 2.37. The van der Waals surface area contributed by atoms with Crippen molar-refractivity contribution in [1.82, 2.24) is 5.32 Å². The van der Waals surface area contributed by atoms with Crippen molar-refractivity contribution in [2.24, 2.45) is 0 Å². The minimum absolute atomic E-state index is 0.403. The lowest BCUT2D eigenvalue weighted by atomic mass is 9.96. The quantitative estimate of drug-likeness (QED) is 0.797. The molecule has 2 N–H and O–H groups in total. The van der Waals surface area contributed by atoms with Crippen molar-refractivity contribution in [3.63, 3.8) is 0 Å². The standard InChI is InChI=1S/C10H9Cl2NO2/c11-6-1-5-4-13-9(10(14)15)3-7(5)8(12)2-6/h1-2,9,13H,3-4H2,(H,14,15)/t9-/m0/s1. The highest BCUT2D eigenvalue weighted by Crippen LogP contribution is 2.28. The molecule has 0 amide bonds. The van der Waals surface area contributed by atoms with Gasteiger partial charge in [-0.25, -0.2) is 0 Å². The molecule has 0 aromatic heterocycles. The van der Waals surface area contributed by atoms with Crippen LogP contribution in [0.1, 0.15) is 11.1 Å². The first-order chi connectivity index (χ1) is 7.08. The van der Waals surface area contributed by atoms with Gasteiger partial charge in [0.2, 0.25) is 0 Å².